The van der Waals surface area contributed by atoms with Crippen molar-refractivity contribution in [2.24, 2.45) is 17.8 Å². The summed E-state index contributed by atoms with van der Waals surface area (Å²) in [6.07, 6.45) is 7.79. The number of benzene rings is 1. The van der Waals surface area contributed by atoms with Gasteiger partial charge in [0.05, 0.1) is 31.8 Å². The van der Waals surface area contributed by atoms with Gasteiger partial charge in [-0.15, -0.1) is 0 Å². The number of pyridine rings is 1. The molecule has 3 aromatic rings. The molecule has 2 saturated carbocycles. The molecule has 2 N–H and O–H groups in total. The van der Waals surface area contributed by atoms with Crippen LogP contribution in [0.25, 0.3) is 0 Å². The molecule has 1 aromatic carbocycles. The Morgan fingerprint density at radius 3 is 2.48 bits per heavy atom. The molecule has 11 heteroatoms. The maximum Gasteiger partial charge on any atom is 0.408 e. The van der Waals surface area contributed by atoms with E-state index in [0.717, 1.165) is 37.4 Å². The number of carbonyl (C=O) groups excluding carboxylic acids is 2. The van der Waals surface area contributed by atoms with Crippen LogP contribution in [0, 0.1) is 23.6 Å². The summed E-state index contributed by atoms with van der Waals surface area (Å²) in [6.45, 7) is 0.282. The van der Waals surface area contributed by atoms with Gasteiger partial charge in [-0.3, -0.25) is 9.48 Å². The zero-order valence-corrected chi connectivity index (χ0v) is 22.6. The Balaban J connectivity index is 1.31. The number of hydrogen-bond donors (Lipinski definition) is 2. The Bertz CT molecular complexity index is 1300. The van der Waals surface area contributed by atoms with Crippen LogP contribution in [-0.2, 0) is 20.9 Å². The highest BCUT2D eigenvalue weighted by Crippen LogP contribution is 2.51. The van der Waals surface area contributed by atoms with E-state index in [4.69, 9.17) is 14.2 Å². The van der Waals surface area contributed by atoms with Crippen LogP contribution in [0.2, 0.25) is 0 Å². The molecule has 5 rings (SSSR count). The lowest BCUT2D eigenvalue weighted by atomic mass is 9.89. The highest BCUT2D eigenvalue weighted by Gasteiger charge is 2.48. The minimum atomic E-state index is -0.742. The zero-order valence-electron chi connectivity index (χ0n) is 22.6. The van der Waals surface area contributed by atoms with Crippen molar-refractivity contribution in [1.82, 2.24) is 20.1 Å². The molecule has 2 heterocycles. The molecule has 2 amide bonds. The summed E-state index contributed by atoms with van der Waals surface area (Å²) in [5.74, 6) is 0.256. The Morgan fingerprint density at radius 1 is 1.10 bits per heavy atom. The van der Waals surface area contributed by atoms with Gasteiger partial charge in [-0.05, 0) is 55.1 Å². The van der Waals surface area contributed by atoms with Crippen LogP contribution in [-0.4, -0.2) is 53.6 Å². The molecule has 0 saturated heterocycles. The fourth-order valence-corrected chi connectivity index (χ4v) is 5.23. The average Bonchev–Trinajstić information content (AvgIpc) is 3.91. The van der Waals surface area contributed by atoms with Gasteiger partial charge in [0, 0.05) is 18.9 Å². The second-order valence-electron chi connectivity index (χ2n) is 10.4. The summed E-state index contributed by atoms with van der Waals surface area (Å²) >= 11 is 0. The van der Waals surface area contributed by atoms with Gasteiger partial charge in [0.25, 0.3) is 0 Å². The van der Waals surface area contributed by atoms with E-state index in [9.17, 15) is 14.0 Å². The maximum atomic E-state index is 14.0. The predicted molar refractivity (Wildman–Crippen MR) is 144 cm³/mol. The Hall–Kier alpha value is -3.99. The summed E-state index contributed by atoms with van der Waals surface area (Å²) in [5.41, 5.74) is 1.75. The first-order valence-electron chi connectivity index (χ1n) is 13.5. The number of rotatable bonds is 13. The molecule has 0 spiro atoms. The van der Waals surface area contributed by atoms with Crippen molar-refractivity contribution < 1.29 is 28.2 Å². The first-order valence-corrected chi connectivity index (χ1v) is 13.5. The number of ether oxygens (including phenoxy) is 3. The lowest BCUT2D eigenvalue weighted by molar-refractivity contribution is -0.119. The van der Waals surface area contributed by atoms with Crippen LogP contribution in [0.15, 0.2) is 55.0 Å². The van der Waals surface area contributed by atoms with E-state index < -0.39 is 24.0 Å². The second-order valence-corrected chi connectivity index (χ2v) is 10.4. The van der Waals surface area contributed by atoms with Gasteiger partial charge in [-0.2, -0.15) is 5.10 Å². The van der Waals surface area contributed by atoms with Gasteiger partial charge in [0.1, 0.15) is 24.5 Å². The smallest absolute Gasteiger partial charge is 0.408 e. The fraction of sp³-hybridized carbons (Fsp3) is 0.448. The van der Waals surface area contributed by atoms with E-state index in [0.29, 0.717) is 23.1 Å². The van der Waals surface area contributed by atoms with Crippen molar-refractivity contribution in [1.29, 1.82) is 0 Å². The van der Waals surface area contributed by atoms with Gasteiger partial charge in [-0.25, -0.2) is 14.2 Å². The molecule has 2 unspecified atom stereocenters. The molecule has 0 radical (unpaired) electrons. The van der Waals surface area contributed by atoms with Gasteiger partial charge in [0.2, 0.25) is 11.8 Å². The minimum absolute atomic E-state index is 0.0446. The second kappa shape index (κ2) is 12.5. The SMILES string of the molecule is COCC(c1cc(F)cnc1OC)n1cc(NC(=O)C(NC(=O)OCc2ccccc2)C(C2CC2)C2CC2)cn1. The average molecular weight is 552 g/mol. The van der Waals surface area contributed by atoms with Crippen LogP contribution in [0.3, 0.4) is 0 Å². The Morgan fingerprint density at radius 2 is 1.82 bits per heavy atom. The van der Waals surface area contributed by atoms with Crippen molar-refractivity contribution in [2.75, 3.05) is 26.1 Å². The van der Waals surface area contributed by atoms with Crippen LogP contribution in [0.1, 0.15) is 42.9 Å². The zero-order chi connectivity index (χ0) is 28.1. The Kier molecular flexibility index (Phi) is 8.59. The number of halogens is 1. The number of hydrogen-bond acceptors (Lipinski definition) is 7. The van der Waals surface area contributed by atoms with Crippen LogP contribution in [0.5, 0.6) is 5.88 Å². The van der Waals surface area contributed by atoms with E-state index >= 15 is 0 Å². The third-order valence-electron chi connectivity index (χ3n) is 7.40. The molecule has 2 fully saturated rings. The largest absolute Gasteiger partial charge is 0.481 e. The minimum Gasteiger partial charge on any atom is -0.481 e. The molecule has 2 atom stereocenters. The van der Waals surface area contributed by atoms with Crippen LogP contribution in [0.4, 0.5) is 14.9 Å². The number of amides is 2. The number of aromatic nitrogens is 3. The fourth-order valence-electron chi connectivity index (χ4n) is 5.23. The molecule has 0 aliphatic heterocycles. The number of methoxy groups -OCH3 is 2. The van der Waals surface area contributed by atoms with E-state index in [-0.39, 0.29) is 30.9 Å². The van der Waals surface area contributed by atoms with Gasteiger partial charge < -0.3 is 24.8 Å². The molecule has 2 aliphatic rings. The van der Waals surface area contributed by atoms with Crippen molar-refractivity contribution >= 4 is 17.7 Å². The number of nitrogens with zero attached hydrogens (tertiary/aromatic N) is 3. The topological polar surface area (TPSA) is 117 Å². The van der Waals surface area contributed by atoms with Gasteiger partial charge in [0.15, 0.2) is 0 Å². The lowest BCUT2D eigenvalue weighted by Crippen LogP contribution is -2.50. The van der Waals surface area contributed by atoms with Crippen molar-refractivity contribution in [3.63, 3.8) is 0 Å². The van der Waals surface area contributed by atoms with E-state index in [1.54, 1.807) is 10.9 Å². The first-order chi connectivity index (χ1) is 19.5. The molecule has 2 aliphatic carbocycles. The number of anilines is 1. The van der Waals surface area contributed by atoms with Gasteiger partial charge in [-0.1, -0.05) is 30.3 Å². The quantitative estimate of drug-likeness (QED) is 0.325. The van der Waals surface area contributed by atoms with Crippen LogP contribution >= 0.6 is 0 Å². The lowest BCUT2D eigenvalue weighted by Gasteiger charge is -2.27. The molecular weight excluding hydrogens is 517 g/mol. The molecule has 10 nitrogen and oxygen atoms in total. The highest BCUT2D eigenvalue weighted by atomic mass is 19.1. The van der Waals surface area contributed by atoms with E-state index in [2.05, 4.69) is 20.7 Å². The van der Waals surface area contributed by atoms with Crippen molar-refractivity contribution in [3.05, 3.63) is 71.9 Å². The first kappa shape index (κ1) is 27.6. The normalized spacial score (nSPS) is 16.3. The third kappa shape index (κ3) is 6.77. The number of carbonyl (C=O) groups is 2. The van der Waals surface area contributed by atoms with Gasteiger partial charge >= 0.3 is 6.09 Å². The molecule has 212 valence electrons. The third-order valence-corrected chi connectivity index (χ3v) is 7.40. The molecule has 0 bridgehead atoms. The predicted octanol–water partition coefficient (Wildman–Crippen LogP) is 4.33. The van der Waals surface area contributed by atoms with Crippen molar-refractivity contribution in [3.8, 4) is 5.88 Å². The number of nitrogens with one attached hydrogen (secondary N) is 2. The molecular formula is C29H34FN5O5. The monoisotopic (exact) mass is 551 g/mol. The summed E-state index contributed by atoms with van der Waals surface area (Å²) in [6, 6.07) is 9.42. The summed E-state index contributed by atoms with van der Waals surface area (Å²) in [5, 5.41) is 10.2. The van der Waals surface area contributed by atoms with Crippen molar-refractivity contribution in [2.45, 2.75) is 44.4 Å². The van der Waals surface area contributed by atoms with E-state index in [1.807, 2.05) is 30.3 Å². The van der Waals surface area contributed by atoms with E-state index in [1.165, 1.54) is 26.5 Å². The summed E-state index contributed by atoms with van der Waals surface area (Å²) in [4.78, 5) is 30.4. The molecule has 2 aromatic heterocycles. The summed E-state index contributed by atoms with van der Waals surface area (Å²) < 4.78 is 31.7. The standard InChI is InChI=1S/C29H34FN5O5/c1-38-17-24(23-12-21(30)13-31-28(23)39-2)35-15-22(14-32-35)33-27(36)26(25(19-8-9-19)20-10-11-20)34-29(37)40-16-18-6-4-3-5-7-18/h3-7,12-15,19-20,24-26H,8-11,16-17H2,1-2H3,(H,33,36)(H,34,37). The van der Waals surface area contributed by atoms with Crippen LogP contribution < -0.4 is 15.4 Å². The molecule has 40 heavy (non-hydrogen) atoms. The summed E-state index contributed by atoms with van der Waals surface area (Å²) in [7, 11) is 2.98. The Labute approximate surface area is 232 Å². The highest BCUT2D eigenvalue weighted by molar-refractivity contribution is 5.96. The maximum absolute atomic E-state index is 14.0. The number of alkyl carbamates (subject to hydrolysis) is 1.